The van der Waals surface area contributed by atoms with Gasteiger partial charge in [-0.1, -0.05) is 34.7 Å². The Balaban J connectivity index is 2.74. The third-order valence-electron chi connectivity index (χ3n) is 1.60. The summed E-state index contributed by atoms with van der Waals surface area (Å²) < 4.78 is 1.19. The molecule has 1 nitrogen and oxygen atoms in total. The minimum atomic E-state index is 1.16. The SMILES string of the molecule is CNc1cccc(CCI)c1. The molecule has 2 heteroatoms. The summed E-state index contributed by atoms with van der Waals surface area (Å²) in [6.07, 6.45) is 1.16. The standard InChI is InChI=1S/C9H12IN/c1-11-9-4-2-3-8(7-9)5-6-10/h2-4,7,11H,5-6H2,1H3. The summed E-state index contributed by atoms with van der Waals surface area (Å²) in [6.45, 7) is 0. The molecular formula is C9H12IN. The molecule has 0 atom stereocenters. The Kier molecular flexibility index (Phi) is 3.69. The van der Waals surface area contributed by atoms with Crippen LogP contribution in [-0.2, 0) is 6.42 Å². The molecule has 11 heavy (non-hydrogen) atoms. The molecular weight excluding hydrogens is 249 g/mol. The van der Waals surface area contributed by atoms with Crippen molar-refractivity contribution in [2.45, 2.75) is 6.42 Å². The van der Waals surface area contributed by atoms with Crippen molar-refractivity contribution in [3.63, 3.8) is 0 Å². The maximum absolute atomic E-state index is 3.12. The van der Waals surface area contributed by atoms with Gasteiger partial charge in [0.25, 0.3) is 0 Å². The topological polar surface area (TPSA) is 12.0 Å². The first kappa shape index (κ1) is 8.84. The highest BCUT2D eigenvalue weighted by Crippen LogP contribution is 2.10. The number of hydrogen-bond acceptors (Lipinski definition) is 1. The lowest BCUT2D eigenvalue weighted by molar-refractivity contribution is 1.18. The Labute approximate surface area is 81.3 Å². The second-order valence-corrected chi connectivity index (χ2v) is 3.47. The van der Waals surface area contributed by atoms with Gasteiger partial charge in [0.05, 0.1) is 0 Å². The molecule has 0 heterocycles. The van der Waals surface area contributed by atoms with Crippen molar-refractivity contribution in [3.05, 3.63) is 29.8 Å². The van der Waals surface area contributed by atoms with Gasteiger partial charge in [-0.05, 0) is 24.1 Å². The molecule has 60 valence electrons. The molecule has 1 rings (SSSR count). The Morgan fingerprint density at radius 1 is 1.45 bits per heavy atom. The van der Waals surface area contributed by atoms with E-state index in [-0.39, 0.29) is 0 Å². The van der Waals surface area contributed by atoms with Gasteiger partial charge in [-0.15, -0.1) is 0 Å². The molecule has 0 amide bonds. The summed E-state index contributed by atoms with van der Waals surface area (Å²) in [5.41, 5.74) is 2.61. The van der Waals surface area contributed by atoms with Gasteiger partial charge in [-0.25, -0.2) is 0 Å². The summed E-state index contributed by atoms with van der Waals surface area (Å²) >= 11 is 2.39. The Morgan fingerprint density at radius 2 is 2.27 bits per heavy atom. The fourth-order valence-corrected chi connectivity index (χ4v) is 1.61. The van der Waals surface area contributed by atoms with Gasteiger partial charge in [0, 0.05) is 17.2 Å². The molecule has 0 unspecified atom stereocenters. The van der Waals surface area contributed by atoms with E-state index in [4.69, 9.17) is 0 Å². The van der Waals surface area contributed by atoms with E-state index < -0.39 is 0 Å². The molecule has 1 N–H and O–H groups in total. The van der Waals surface area contributed by atoms with Crippen LogP contribution in [0.2, 0.25) is 0 Å². The van der Waals surface area contributed by atoms with Gasteiger partial charge >= 0.3 is 0 Å². The van der Waals surface area contributed by atoms with Crippen LogP contribution < -0.4 is 5.32 Å². The average Bonchev–Trinajstić information content (AvgIpc) is 2.06. The molecule has 0 aliphatic rings. The number of anilines is 1. The van der Waals surface area contributed by atoms with Crippen LogP contribution in [0, 0.1) is 0 Å². The van der Waals surface area contributed by atoms with Crippen LogP contribution in [0.1, 0.15) is 5.56 Å². The molecule has 0 bridgehead atoms. The van der Waals surface area contributed by atoms with Gasteiger partial charge in [-0.3, -0.25) is 0 Å². The average molecular weight is 261 g/mol. The lowest BCUT2D eigenvalue weighted by atomic mass is 10.1. The second kappa shape index (κ2) is 4.59. The van der Waals surface area contributed by atoms with Crippen molar-refractivity contribution in [3.8, 4) is 0 Å². The lowest BCUT2D eigenvalue weighted by Gasteiger charge is -2.01. The van der Waals surface area contributed by atoms with E-state index in [1.165, 1.54) is 15.7 Å². The first-order chi connectivity index (χ1) is 5.36. The van der Waals surface area contributed by atoms with Crippen LogP contribution in [0.4, 0.5) is 5.69 Å². The predicted octanol–water partition coefficient (Wildman–Crippen LogP) is 2.71. The number of hydrogen-bond donors (Lipinski definition) is 1. The van der Waals surface area contributed by atoms with Crippen LogP contribution in [0.3, 0.4) is 0 Å². The number of alkyl halides is 1. The monoisotopic (exact) mass is 261 g/mol. The quantitative estimate of drug-likeness (QED) is 0.651. The maximum Gasteiger partial charge on any atom is 0.0340 e. The Hall–Kier alpha value is -0.250. The van der Waals surface area contributed by atoms with Crippen LogP contribution >= 0.6 is 22.6 Å². The Bertz CT molecular complexity index is 223. The van der Waals surface area contributed by atoms with E-state index in [0.717, 1.165) is 6.42 Å². The van der Waals surface area contributed by atoms with Gasteiger partial charge in [0.1, 0.15) is 0 Å². The molecule has 0 aliphatic carbocycles. The van der Waals surface area contributed by atoms with E-state index in [1.54, 1.807) is 0 Å². The predicted molar refractivity (Wildman–Crippen MR) is 58.6 cm³/mol. The molecule has 0 radical (unpaired) electrons. The number of aryl methyl sites for hydroxylation is 1. The number of rotatable bonds is 3. The van der Waals surface area contributed by atoms with Crippen molar-refractivity contribution in [1.82, 2.24) is 0 Å². The third-order valence-corrected chi connectivity index (χ3v) is 2.14. The highest BCUT2D eigenvalue weighted by atomic mass is 127. The first-order valence-corrected chi connectivity index (χ1v) is 5.22. The minimum Gasteiger partial charge on any atom is -0.388 e. The third kappa shape index (κ3) is 2.69. The van der Waals surface area contributed by atoms with Crippen LogP contribution in [0.15, 0.2) is 24.3 Å². The smallest absolute Gasteiger partial charge is 0.0340 e. The van der Waals surface area contributed by atoms with Crippen molar-refractivity contribution in [1.29, 1.82) is 0 Å². The van der Waals surface area contributed by atoms with Gasteiger partial charge in [0.2, 0.25) is 0 Å². The van der Waals surface area contributed by atoms with E-state index in [2.05, 4.69) is 52.2 Å². The molecule has 0 saturated heterocycles. The highest BCUT2D eigenvalue weighted by Gasteiger charge is 1.91. The number of halogens is 1. The van der Waals surface area contributed by atoms with Crippen LogP contribution in [-0.4, -0.2) is 11.5 Å². The largest absolute Gasteiger partial charge is 0.388 e. The highest BCUT2D eigenvalue weighted by molar-refractivity contribution is 14.1. The summed E-state index contributed by atoms with van der Waals surface area (Å²) in [6, 6.07) is 8.53. The van der Waals surface area contributed by atoms with Gasteiger partial charge in [-0.2, -0.15) is 0 Å². The van der Waals surface area contributed by atoms with E-state index in [0.29, 0.717) is 0 Å². The van der Waals surface area contributed by atoms with Crippen LogP contribution in [0.5, 0.6) is 0 Å². The van der Waals surface area contributed by atoms with Gasteiger partial charge in [0.15, 0.2) is 0 Å². The molecule has 0 fully saturated rings. The van der Waals surface area contributed by atoms with Crippen LogP contribution in [0.25, 0.3) is 0 Å². The van der Waals surface area contributed by atoms with Gasteiger partial charge < -0.3 is 5.32 Å². The zero-order chi connectivity index (χ0) is 8.10. The fourth-order valence-electron chi connectivity index (χ4n) is 0.991. The maximum atomic E-state index is 3.12. The van der Waals surface area contributed by atoms with Crippen molar-refractivity contribution in [2.75, 3.05) is 16.8 Å². The normalized spacial score (nSPS) is 9.64. The van der Waals surface area contributed by atoms with E-state index in [9.17, 15) is 0 Å². The number of benzene rings is 1. The number of nitrogens with one attached hydrogen (secondary N) is 1. The zero-order valence-electron chi connectivity index (χ0n) is 6.60. The summed E-state index contributed by atoms with van der Waals surface area (Å²) in [5.74, 6) is 0. The Morgan fingerprint density at radius 3 is 2.91 bits per heavy atom. The summed E-state index contributed by atoms with van der Waals surface area (Å²) in [7, 11) is 1.95. The summed E-state index contributed by atoms with van der Waals surface area (Å²) in [4.78, 5) is 0. The lowest BCUT2D eigenvalue weighted by Crippen LogP contribution is -1.90. The van der Waals surface area contributed by atoms with E-state index in [1.807, 2.05) is 7.05 Å². The zero-order valence-corrected chi connectivity index (χ0v) is 8.76. The molecule has 0 aliphatic heterocycles. The molecule has 1 aromatic carbocycles. The molecule has 0 saturated carbocycles. The fraction of sp³-hybridized carbons (Fsp3) is 0.333. The molecule has 0 aromatic heterocycles. The molecule has 1 aromatic rings. The van der Waals surface area contributed by atoms with E-state index >= 15 is 0 Å². The second-order valence-electron chi connectivity index (χ2n) is 2.39. The molecule has 0 spiro atoms. The summed E-state index contributed by atoms with van der Waals surface area (Å²) in [5, 5.41) is 3.12. The van der Waals surface area contributed by atoms with Crippen molar-refractivity contribution in [2.24, 2.45) is 0 Å². The first-order valence-electron chi connectivity index (χ1n) is 3.69. The van der Waals surface area contributed by atoms with Crippen molar-refractivity contribution < 1.29 is 0 Å². The van der Waals surface area contributed by atoms with Crippen molar-refractivity contribution >= 4 is 28.3 Å². The minimum absolute atomic E-state index is 1.16.